The summed E-state index contributed by atoms with van der Waals surface area (Å²) in [5, 5.41) is 0. The van der Waals surface area contributed by atoms with Gasteiger partial charge in [-0.05, 0) is 29.2 Å². The molecule has 0 saturated carbocycles. The third-order valence-corrected chi connectivity index (χ3v) is 6.17. The average Bonchev–Trinajstić information content (AvgIpc) is 2.62. The minimum atomic E-state index is -3.36. The molecule has 1 aromatic carbocycles. The molecule has 3 rings (SSSR count). The van der Waals surface area contributed by atoms with Crippen LogP contribution in [0.5, 0.6) is 5.75 Å². The molecule has 1 fully saturated rings. The van der Waals surface area contributed by atoms with Crippen LogP contribution in [0.3, 0.4) is 0 Å². The summed E-state index contributed by atoms with van der Waals surface area (Å²) < 4.78 is 31.9. The average molecular weight is 408 g/mol. The molecular weight excluding hydrogens is 374 g/mol. The van der Waals surface area contributed by atoms with E-state index < -0.39 is 10.0 Å². The van der Waals surface area contributed by atoms with Gasteiger partial charge in [0, 0.05) is 12.2 Å². The standard InChI is InChI=1S/C18H25N3O3S.C3H8/c1-18(2,3)17-9-15-11-21(25(22,23)13-20(15)12-19-17)10-14-5-7-16(24-4)8-6-14;1-3-2/h5-9,12,17H,10-11,13H2,1-4H3;3H2,1-2H3. The van der Waals surface area contributed by atoms with E-state index in [2.05, 4.69) is 45.7 Å². The fraction of sp³-hybridized carbons (Fsp3) is 0.571. The first kappa shape index (κ1) is 22.4. The van der Waals surface area contributed by atoms with E-state index in [1.165, 1.54) is 10.7 Å². The Kier molecular flexibility index (Phi) is 7.28. The quantitative estimate of drug-likeness (QED) is 0.763. The van der Waals surface area contributed by atoms with Crippen molar-refractivity contribution in [3.05, 3.63) is 41.6 Å². The Balaban J connectivity index is 0.000000878. The lowest BCUT2D eigenvalue weighted by Gasteiger charge is -2.39. The van der Waals surface area contributed by atoms with Crippen molar-refractivity contribution in [2.45, 2.75) is 53.6 Å². The number of aliphatic imine (C=N–C) groups is 1. The number of rotatable bonds is 3. The SMILES string of the molecule is CCC.COc1ccc(CN2CC3=CC(C(C)(C)C)N=CN3CS2(=O)=O)cc1. The number of sulfonamides is 1. The van der Waals surface area contributed by atoms with Crippen molar-refractivity contribution in [3.8, 4) is 5.75 Å². The Hall–Kier alpha value is -1.86. The first-order chi connectivity index (χ1) is 13.1. The molecule has 28 heavy (non-hydrogen) atoms. The Labute approximate surface area is 169 Å². The van der Waals surface area contributed by atoms with E-state index in [4.69, 9.17) is 4.74 Å². The number of ether oxygens (including phenoxy) is 1. The van der Waals surface area contributed by atoms with E-state index in [-0.39, 0.29) is 17.3 Å². The molecule has 0 bridgehead atoms. The van der Waals surface area contributed by atoms with Gasteiger partial charge in [-0.25, -0.2) is 8.42 Å². The fourth-order valence-corrected chi connectivity index (χ4v) is 4.33. The smallest absolute Gasteiger partial charge is 0.233 e. The van der Waals surface area contributed by atoms with Crippen LogP contribution in [-0.4, -0.2) is 49.5 Å². The maximum Gasteiger partial charge on any atom is 0.233 e. The highest BCUT2D eigenvalue weighted by atomic mass is 32.2. The highest BCUT2D eigenvalue weighted by molar-refractivity contribution is 7.89. The van der Waals surface area contributed by atoms with Gasteiger partial charge >= 0.3 is 0 Å². The van der Waals surface area contributed by atoms with Gasteiger partial charge in [0.1, 0.15) is 11.6 Å². The van der Waals surface area contributed by atoms with E-state index in [9.17, 15) is 8.42 Å². The van der Waals surface area contributed by atoms with E-state index in [1.807, 2.05) is 24.3 Å². The molecule has 0 aromatic heterocycles. The van der Waals surface area contributed by atoms with Gasteiger partial charge in [-0.2, -0.15) is 4.31 Å². The second-order valence-corrected chi connectivity index (χ2v) is 10.2. The summed E-state index contributed by atoms with van der Waals surface area (Å²) in [6, 6.07) is 7.55. The minimum Gasteiger partial charge on any atom is -0.497 e. The van der Waals surface area contributed by atoms with Crippen LogP contribution in [0.4, 0.5) is 0 Å². The number of nitrogens with zero attached hydrogens (tertiary/aromatic N) is 3. The van der Waals surface area contributed by atoms with Crippen LogP contribution < -0.4 is 4.74 Å². The Morgan fingerprint density at radius 2 is 1.79 bits per heavy atom. The van der Waals surface area contributed by atoms with Crippen LogP contribution >= 0.6 is 0 Å². The maximum atomic E-state index is 12.6. The molecule has 1 saturated heterocycles. The molecule has 1 aromatic rings. The Morgan fingerprint density at radius 3 is 2.32 bits per heavy atom. The zero-order valence-electron chi connectivity index (χ0n) is 17.8. The van der Waals surface area contributed by atoms with E-state index in [0.717, 1.165) is 17.0 Å². The molecule has 0 radical (unpaired) electrons. The molecule has 2 heterocycles. The molecule has 2 aliphatic rings. The third-order valence-electron chi connectivity index (χ3n) is 4.53. The summed E-state index contributed by atoms with van der Waals surface area (Å²) in [6.07, 6.45) is 5.02. The van der Waals surface area contributed by atoms with Gasteiger partial charge in [0.25, 0.3) is 0 Å². The largest absolute Gasteiger partial charge is 0.497 e. The number of benzene rings is 1. The maximum absolute atomic E-state index is 12.6. The Bertz CT molecular complexity index is 808. The molecule has 0 spiro atoms. The number of hydrogen-bond donors (Lipinski definition) is 0. The normalized spacial score (nSPS) is 21.3. The lowest BCUT2D eigenvalue weighted by atomic mass is 9.86. The monoisotopic (exact) mass is 407 g/mol. The van der Waals surface area contributed by atoms with Gasteiger partial charge < -0.3 is 9.64 Å². The molecule has 2 aliphatic heterocycles. The number of methoxy groups -OCH3 is 1. The van der Waals surface area contributed by atoms with Gasteiger partial charge in [-0.1, -0.05) is 53.2 Å². The molecule has 1 atom stereocenters. The van der Waals surface area contributed by atoms with Crippen molar-refractivity contribution >= 4 is 16.4 Å². The Morgan fingerprint density at radius 1 is 1.18 bits per heavy atom. The van der Waals surface area contributed by atoms with Gasteiger partial charge in [-0.3, -0.25) is 4.99 Å². The van der Waals surface area contributed by atoms with Gasteiger partial charge in [0.2, 0.25) is 10.0 Å². The van der Waals surface area contributed by atoms with Gasteiger partial charge in [0.05, 0.1) is 26.0 Å². The minimum absolute atomic E-state index is 0.00667. The molecule has 0 amide bonds. The highest BCUT2D eigenvalue weighted by Gasteiger charge is 2.36. The molecule has 7 heteroatoms. The lowest BCUT2D eigenvalue weighted by molar-refractivity contribution is 0.328. The van der Waals surface area contributed by atoms with Crippen molar-refractivity contribution < 1.29 is 13.2 Å². The molecule has 0 N–H and O–H groups in total. The molecule has 0 aliphatic carbocycles. The van der Waals surface area contributed by atoms with Crippen LogP contribution in [0.25, 0.3) is 0 Å². The van der Waals surface area contributed by atoms with Crippen LogP contribution in [0.15, 0.2) is 41.0 Å². The fourth-order valence-electron chi connectivity index (χ4n) is 2.91. The van der Waals surface area contributed by atoms with Crippen molar-refractivity contribution in [2.24, 2.45) is 10.4 Å². The van der Waals surface area contributed by atoms with Crippen molar-refractivity contribution in [1.29, 1.82) is 0 Å². The zero-order valence-corrected chi connectivity index (χ0v) is 18.7. The summed E-state index contributed by atoms with van der Waals surface area (Å²) in [4.78, 5) is 6.24. The first-order valence-electron chi connectivity index (χ1n) is 9.72. The molecule has 1 unspecified atom stereocenters. The molecule has 156 valence electrons. The van der Waals surface area contributed by atoms with E-state index in [1.54, 1.807) is 18.3 Å². The zero-order chi connectivity index (χ0) is 20.9. The summed E-state index contributed by atoms with van der Waals surface area (Å²) in [6.45, 7) is 11.4. The van der Waals surface area contributed by atoms with Crippen LogP contribution in [-0.2, 0) is 16.6 Å². The van der Waals surface area contributed by atoms with Gasteiger partial charge in [-0.15, -0.1) is 0 Å². The highest BCUT2D eigenvalue weighted by Crippen LogP contribution is 2.30. The van der Waals surface area contributed by atoms with Crippen LogP contribution in [0.1, 0.15) is 46.6 Å². The first-order valence-corrected chi connectivity index (χ1v) is 11.3. The summed E-state index contributed by atoms with van der Waals surface area (Å²) in [5.41, 5.74) is 1.95. The molecular formula is C21H33N3O3S. The van der Waals surface area contributed by atoms with Gasteiger partial charge in [0.15, 0.2) is 0 Å². The number of hydrogen-bond acceptors (Lipinski definition) is 5. The van der Waals surface area contributed by atoms with Crippen LogP contribution in [0.2, 0.25) is 0 Å². The lowest BCUT2D eigenvalue weighted by Crippen LogP contribution is -2.49. The van der Waals surface area contributed by atoms with Crippen molar-refractivity contribution in [2.75, 3.05) is 19.5 Å². The van der Waals surface area contributed by atoms with E-state index >= 15 is 0 Å². The molecule has 6 nitrogen and oxygen atoms in total. The topological polar surface area (TPSA) is 62.2 Å². The second kappa shape index (κ2) is 9.09. The summed E-state index contributed by atoms with van der Waals surface area (Å²) in [5.74, 6) is 0.700. The van der Waals surface area contributed by atoms with E-state index in [0.29, 0.717) is 13.1 Å². The van der Waals surface area contributed by atoms with Crippen molar-refractivity contribution in [1.82, 2.24) is 9.21 Å². The third kappa shape index (κ3) is 5.58. The second-order valence-electron chi connectivity index (χ2n) is 8.27. The van der Waals surface area contributed by atoms with Crippen LogP contribution in [0, 0.1) is 5.41 Å². The predicted molar refractivity (Wildman–Crippen MR) is 115 cm³/mol. The number of fused-ring (bicyclic) bond motifs is 1. The predicted octanol–water partition coefficient (Wildman–Crippen LogP) is 3.86. The summed E-state index contributed by atoms with van der Waals surface area (Å²) >= 11 is 0. The summed E-state index contributed by atoms with van der Waals surface area (Å²) in [7, 11) is -1.75. The van der Waals surface area contributed by atoms with Crippen molar-refractivity contribution in [3.63, 3.8) is 0 Å².